The highest BCUT2D eigenvalue weighted by Gasteiger charge is 2.22. The zero-order valence-electron chi connectivity index (χ0n) is 13.5. The molecule has 1 aromatic carbocycles. The van der Waals surface area contributed by atoms with Gasteiger partial charge < -0.3 is 10.1 Å². The van der Waals surface area contributed by atoms with Crippen LogP contribution in [-0.2, 0) is 0 Å². The Morgan fingerprint density at radius 1 is 1.25 bits per heavy atom. The van der Waals surface area contributed by atoms with Crippen molar-refractivity contribution < 1.29 is 13.9 Å². The van der Waals surface area contributed by atoms with Crippen molar-refractivity contribution in [1.29, 1.82) is 0 Å². The number of ether oxygens (including phenoxy) is 1. The first-order valence-corrected chi connectivity index (χ1v) is 8.36. The van der Waals surface area contributed by atoms with Crippen molar-refractivity contribution in [2.24, 2.45) is 11.8 Å². The van der Waals surface area contributed by atoms with Gasteiger partial charge in [-0.3, -0.25) is 9.89 Å². The minimum atomic E-state index is -0.312. The highest BCUT2D eigenvalue weighted by Crippen LogP contribution is 2.29. The molecule has 1 heterocycles. The van der Waals surface area contributed by atoms with E-state index in [-0.39, 0.29) is 11.7 Å². The number of carbonyl (C=O) groups excluding carboxylic acids is 1. The molecule has 5 nitrogen and oxygen atoms in total. The lowest BCUT2D eigenvalue weighted by Gasteiger charge is -2.28. The maximum atomic E-state index is 13.5. The molecule has 3 rings (SSSR count). The smallest absolute Gasteiger partial charge is 0.254 e. The summed E-state index contributed by atoms with van der Waals surface area (Å²) in [6.07, 6.45) is 7.30. The van der Waals surface area contributed by atoms with Crippen LogP contribution in [0.2, 0.25) is 0 Å². The fourth-order valence-electron chi connectivity index (χ4n) is 3.09. The first-order chi connectivity index (χ1) is 11.7. The summed E-state index contributed by atoms with van der Waals surface area (Å²) in [6.45, 7) is 1.24. The maximum absolute atomic E-state index is 13.5. The minimum absolute atomic E-state index is 0.0891. The Morgan fingerprint density at radius 3 is 2.71 bits per heavy atom. The standard InChI is InChI=1S/C18H22FN3O2/c19-16-3-1-2-4-17(16)24-12-14-7-5-13(6-8-14)9-20-18(23)15-10-21-22-11-15/h1-4,10-11,13-14H,5-9,12H2,(H,20,23)(H,21,22)/t13-,14+. The van der Waals surface area contributed by atoms with Crippen molar-refractivity contribution in [2.75, 3.05) is 13.2 Å². The monoisotopic (exact) mass is 331 g/mol. The maximum Gasteiger partial charge on any atom is 0.254 e. The summed E-state index contributed by atoms with van der Waals surface area (Å²) in [5.74, 6) is 0.866. The Kier molecular flexibility index (Phi) is 5.46. The van der Waals surface area contributed by atoms with Crippen LogP contribution in [-0.4, -0.2) is 29.3 Å². The average Bonchev–Trinajstić information content (AvgIpc) is 3.15. The molecule has 1 amide bonds. The molecule has 2 aromatic rings. The summed E-state index contributed by atoms with van der Waals surface area (Å²) in [5, 5.41) is 9.36. The van der Waals surface area contributed by atoms with Crippen molar-refractivity contribution in [3.63, 3.8) is 0 Å². The first kappa shape index (κ1) is 16.5. The quantitative estimate of drug-likeness (QED) is 0.854. The molecule has 128 valence electrons. The molecule has 1 aromatic heterocycles. The van der Waals surface area contributed by atoms with Gasteiger partial charge in [0, 0.05) is 12.7 Å². The Morgan fingerprint density at radius 2 is 2.00 bits per heavy atom. The molecule has 2 N–H and O–H groups in total. The van der Waals surface area contributed by atoms with Gasteiger partial charge >= 0.3 is 0 Å². The zero-order chi connectivity index (χ0) is 16.8. The molecule has 1 saturated carbocycles. The molecule has 0 saturated heterocycles. The minimum Gasteiger partial charge on any atom is -0.490 e. The van der Waals surface area contributed by atoms with Gasteiger partial charge in [-0.05, 0) is 49.7 Å². The number of rotatable bonds is 6. The molecule has 0 radical (unpaired) electrons. The Balaban J connectivity index is 1.37. The largest absolute Gasteiger partial charge is 0.490 e. The van der Waals surface area contributed by atoms with E-state index in [1.165, 1.54) is 12.3 Å². The van der Waals surface area contributed by atoms with Gasteiger partial charge in [-0.25, -0.2) is 4.39 Å². The van der Waals surface area contributed by atoms with Crippen molar-refractivity contribution >= 4 is 5.91 Å². The van der Waals surface area contributed by atoms with Gasteiger partial charge in [0.1, 0.15) is 0 Å². The summed E-state index contributed by atoms with van der Waals surface area (Å²) in [4.78, 5) is 11.9. The molecule has 0 atom stereocenters. The lowest BCUT2D eigenvalue weighted by Crippen LogP contribution is -2.32. The third-order valence-corrected chi connectivity index (χ3v) is 4.59. The van der Waals surface area contributed by atoms with Gasteiger partial charge in [0.05, 0.1) is 18.4 Å². The van der Waals surface area contributed by atoms with E-state index < -0.39 is 0 Å². The predicted molar refractivity (Wildman–Crippen MR) is 88.3 cm³/mol. The number of nitrogens with zero attached hydrogens (tertiary/aromatic N) is 1. The molecule has 0 aliphatic heterocycles. The Hall–Kier alpha value is -2.37. The number of nitrogens with one attached hydrogen (secondary N) is 2. The van der Waals surface area contributed by atoms with E-state index in [0.717, 1.165) is 25.7 Å². The summed E-state index contributed by atoms with van der Waals surface area (Å²) in [7, 11) is 0. The van der Waals surface area contributed by atoms with Crippen molar-refractivity contribution in [2.45, 2.75) is 25.7 Å². The number of para-hydroxylation sites is 1. The van der Waals surface area contributed by atoms with E-state index in [4.69, 9.17) is 4.74 Å². The van der Waals surface area contributed by atoms with E-state index in [9.17, 15) is 9.18 Å². The number of aromatic amines is 1. The van der Waals surface area contributed by atoms with Gasteiger partial charge in [-0.2, -0.15) is 5.10 Å². The van der Waals surface area contributed by atoms with E-state index in [0.29, 0.717) is 36.3 Å². The molecule has 0 bridgehead atoms. The van der Waals surface area contributed by atoms with Crippen molar-refractivity contribution in [3.8, 4) is 5.75 Å². The number of benzene rings is 1. The van der Waals surface area contributed by atoms with Crippen LogP contribution in [0.25, 0.3) is 0 Å². The van der Waals surface area contributed by atoms with Crippen LogP contribution >= 0.6 is 0 Å². The number of halogens is 1. The van der Waals surface area contributed by atoms with Crippen LogP contribution in [0.3, 0.4) is 0 Å². The Bertz CT molecular complexity index is 652. The van der Waals surface area contributed by atoms with Gasteiger partial charge in [0.15, 0.2) is 11.6 Å². The third-order valence-electron chi connectivity index (χ3n) is 4.59. The number of carbonyl (C=O) groups is 1. The number of amides is 1. The normalized spacial score (nSPS) is 20.5. The van der Waals surface area contributed by atoms with E-state index in [1.807, 2.05) is 0 Å². The van der Waals surface area contributed by atoms with Crippen LogP contribution in [0.5, 0.6) is 5.75 Å². The molecule has 24 heavy (non-hydrogen) atoms. The van der Waals surface area contributed by atoms with E-state index in [1.54, 1.807) is 24.4 Å². The summed E-state index contributed by atoms with van der Waals surface area (Å²) in [5.41, 5.74) is 0.557. The second-order valence-electron chi connectivity index (χ2n) is 6.33. The van der Waals surface area contributed by atoms with Crippen molar-refractivity contribution in [3.05, 3.63) is 48.0 Å². The molecule has 1 aliphatic rings. The second-order valence-corrected chi connectivity index (χ2v) is 6.33. The van der Waals surface area contributed by atoms with Gasteiger partial charge in [-0.15, -0.1) is 0 Å². The molecule has 6 heteroatoms. The van der Waals surface area contributed by atoms with Crippen LogP contribution in [0.1, 0.15) is 36.0 Å². The lowest BCUT2D eigenvalue weighted by molar-refractivity contribution is 0.0938. The Labute approximate surface area is 140 Å². The number of H-pyrrole nitrogens is 1. The van der Waals surface area contributed by atoms with Crippen LogP contribution in [0.4, 0.5) is 4.39 Å². The fourth-order valence-corrected chi connectivity index (χ4v) is 3.09. The van der Waals surface area contributed by atoms with Crippen molar-refractivity contribution in [1.82, 2.24) is 15.5 Å². The topological polar surface area (TPSA) is 67.0 Å². The number of aromatic nitrogens is 2. The SMILES string of the molecule is O=C(NC[C@H]1CC[C@@H](COc2ccccc2F)CC1)c1cn[nH]c1. The number of hydrogen-bond acceptors (Lipinski definition) is 3. The zero-order valence-corrected chi connectivity index (χ0v) is 13.5. The molecule has 1 aliphatic carbocycles. The first-order valence-electron chi connectivity index (χ1n) is 8.36. The highest BCUT2D eigenvalue weighted by molar-refractivity contribution is 5.93. The van der Waals surface area contributed by atoms with Gasteiger partial charge in [-0.1, -0.05) is 12.1 Å². The summed E-state index contributed by atoms with van der Waals surface area (Å²) in [6, 6.07) is 6.50. The second kappa shape index (κ2) is 7.95. The average molecular weight is 331 g/mol. The molecule has 1 fully saturated rings. The lowest BCUT2D eigenvalue weighted by atomic mass is 9.82. The summed E-state index contributed by atoms with van der Waals surface area (Å²) < 4.78 is 19.1. The predicted octanol–water partition coefficient (Wildman–Crippen LogP) is 3.16. The van der Waals surface area contributed by atoms with Gasteiger partial charge in [0.25, 0.3) is 5.91 Å². The third kappa shape index (κ3) is 4.34. The molecule has 0 spiro atoms. The van der Waals surface area contributed by atoms with Gasteiger partial charge in [0.2, 0.25) is 0 Å². The number of hydrogen-bond donors (Lipinski definition) is 2. The van der Waals surface area contributed by atoms with Crippen LogP contribution in [0, 0.1) is 17.7 Å². The molecular weight excluding hydrogens is 309 g/mol. The van der Waals surface area contributed by atoms with Crippen LogP contribution in [0.15, 0.2) is 36.7 Å². The van der Waals surface area contributed by atoms with Crippen LogP contribution < -0.4 is 10.1 Å². The van der Waals surface area contributed by atoms with E-state index in [2.05, 4.69) is 15.5 Å². The highest BCUT2D eigenvalue weighted by atomic mass is 19.1. The summed E-state index contributed by atoms with van der Waals surface area (Å²) >= 11 is 0. The molecular formula is C18H22FN3O2. The molecule has 0 unspecified atom stereocenters. The fraction of sp³-hybridized carbons (Fsp3) is 0.444. The van der Waals surface area contributed by atoms with E-state index >= 15 is 0 Å².